The molecule has 33 heavy (non-hydrogen) atoms. The molecule has 0 amide bonds. The molecule has 1 saturated carbocycles. The normalized spacial score (nSPS) is 16.5. The summed E-state index contributed by atoms with van der Waals surface area (Å²) in [6.07, 6.45) is 7.51. The molecule has 1 aliphatic heterocycles. The standard InChI is InChI=1S/C25H30N6OS/c1-17-14-23(30-29-17)26-22-16-24(31-12-5-13-31)28-25(27-22)33-20-10-8-18(9-11-20)15-21(32)19-6-3-2-4-7-19/h8-11,14,16,19H,2-7,12-13,15H2,1H3,(H2,26,27,28,29,30). The summed E-state index contributed by atoms with van der Waals surface area (Å²) >= 11 is 1.54. The Labute approximate surface area is 198 Å². The fourth-order valence-corrected chi connectivity index (χ4v) is 5.16. The summed E-state index contributed by atoms with van der Waals surface area (Å²) in [5.74, 6) is 3.06. The quantitative estimate of drug-likeness (QED) is 0.439. The van der Waals surface area contributed by atoms with Crippen LogP contribution in [-0.4, -0.2) is 39.0 Å². The van der Waals surface area contributed by atoms with Crippen LogP contribution in [0.3, 0.4) is 0 Å². The van der Waals surface area contributed by atoms with Crippen LogP contribution in [0.25, 0.3) is 0 Å². The second kappa shape index (κ2) is 9.95. The van der Waals surface area contributed by atoms with Gasteiger partial charge in [-0.25, -0.2) is 9.97 Å². The van der Waals surface area contributed by atoms with Gasteiger partial charge in [-0.2, -0.15) is 5.10 Å². The molecule has 1 aliphatic carbocycles. The van der Waals surface area contributed by atoms with Crippen LogP contribution < -0.4 is 10.2 Å². The lowest BCUT2D eigenvalue weighted by molar-refractivity contribution is -0.123. The molecular formula is C25H30N6OS. The Morgan fingerprint density at radius 1 is 1.06 bits per heavy atom. The number of aryl methyl sites for hydroxylation is 1. The number of benzene rings is 1. The predicted octanol–water partition coefficient (Wildman–Crippen LogP) is 5.30. The highest BCUT2D eigenvalue weighted by Crippen LogP contribution is 2.31. The second-order valence-corrected chi connectivity index (χ2v) is 10.1. The lowest BCUT2D eigenvalue weighted by Gasteiger charge is -2.32. The first-order valence-corrected chi connectivity index (χ1v) is 12.7. The molecule has 8 heteroatoms. The molecule has 3 heterocycles. The summed E-state index contributed by atoms with van der Waals surface area (Å²) in [5.41, 5.74) is 2.08. The van der Waals surface area contributed by atoms with Crippen LogP contribution in [0.1, 0.15) is 49.8 Å². The molecule has 1 saturated heterocycles. The highest BCUT2D eigenvalue weighted by Gasteiger charge is 2.21. The van der Waals surface area contributed by atoms with Crippen LogP contribution in [0.15, 0.2) is 46.5 Å². The number of rotatable bonds is 8. The van der Waals surface area contributed by atoms with Crippen LogP contribution >= 0.6 is 11.8 Å². The number of nitrogens with one attached hydrogen (secondary N) is 2. The lowest BCUT2D eigenvalue weighted by atomic mass is 9.84. The summed E-state index contributed by atoms with van der Waals surface area (Å²) in [4.78, 5) is 25.4. The molecule has 0 bridgehead atoms. The molecule has 1 aromatic carbocycles. The van der Waals surface area contributed by atoms with E-state index in [0.29, 0.717) is 17.4 Å². The zero-order valence-corrected chi connectivity index (χ0v) is 19.8. The molecule has 2 N–H and O–H groups in total. The molecule has 3 aromatic rings. The number of hydrogen-bond acceptors (Lipinski definition) is 7. The SMILES string of the molecule is Cc1cc(Nc2cc(N3CCC3)nc(Sc3ccc(CC(=O)C4CCCCC4)cc3)n2)n[nH]1. The van der Waals surface area contributed by atoms with E-state index in [4.69, 9.17) is 9.97 Å². The number of aromatic amines is 1. The van der Waals surface area contributed by atoms with Crippen molar-refractivity contribution in [1.82, 2.24) is 20.2 Å². The molecule has 2 aromatic heterocycles. The van der Waals surface area contributed by atoms with Gasteiger partial charge in [0.25, 0.3) is 0 Å². The van der Waals surface area contributed by atoms with E-state index in [1.807, 2.05) is 19.1 Å². The van der Waals surface area contributed by atoms with E-state index in [9.17, 15) is 4.79 Å². The number of Topliss-reactive ketones (excluding diaryl/α,β-unsaturated/α-hetero) is 1. The minimum atomic E-state index is 0.259. The number of H-pyrrole nitrogens is 1. The van der Waals surface area contributed by atoms with Crippen molar-refractivity contribution in [3.05, 3.63) is 47.7 Å². The number of anilines is 3. The Balaban J connectivity index is 1.28. The lowest BCUT2D eigenvalue weighted by Crippen LogP contribution is -2.37. The molecule has 0 atom stereocenters. The number of aromatic nitrogens is 4. The first-order chi connectivity index (χ1) is 16.1. The van der Waals surface area contributed by atoms with E-state index in [1.54, 1.807) is 0 Å². The summed E-state index contributed by atoms with van der Waals surface area (Å²) in [5, 5.41) is 11.2. The summed E-state index contributed by atoms with van der Waals surface area (Å²) in [6.45, 7) is 4.01. The average Bonchev–Trinajstić information content (AvgIpc) is 3.19. The Morgan fingerprint density at radius 3 is 2.52 bits per heavy atom. The zero-order chi connectivity index (χ0) is 22.6. The van der Waals surface area contributed by atoms with Crippen molar-refractivity contribution in [2.75, 3.05) is 23.3 Å². The smallest absolute Gasteiger partial charge is 0.196 e. The molecule has 5 rings (SSSR count). The van der Waals surface area contributed by atoms with Crippen LogP contribution in [-0.2, 0) is 11.2 Å². The number of hydrogen-bond donors (Lipinski definition) is 2. The van der Waals surface area contributed by atoms with E-state index in [-0.39, 0.29) is 5.92 Å². The van der Waals surface area contributed by atoms with Crippen molar-refractivity contribution < 1.29 is 4.79 Å². The first kappa shape index (κ1) is 21.9. The molecule has 0 radical (unpaired) electrons. The Hall–Kier alpha value is -2.87. The van der Waals surface area contributed by atoms with Gasteiger partial charge in [0.15, 0.2) is 11.0 Å². The maximum Gasteiger partial charge on any atom is 0.196 e. The minimum absolute atomic E-state index is 0.259. The van der Waals surface area contributed by atoms with Crippen molar-refractivity contribution in [2.45, 2.75) is 61.9 Å². The van der Waals surface area contributed by atoms with Gasteiger partial charge in [-0.3, -0.25) is 9.89 Å². The molecule has 7 nitrogen and oxygen atoms in total. The highest BCUT2D eigenvalue weighted by atomic mass is 32.2. The van der Waals surface area contributed by atoms with Gasteiger partial charge in [-0.15, -0.1) is 0 Å². The molecule has 0 unspecified atom stereocenters. The molecular weight excluding hydrogens is 432 g/mol. The Morgan fingerprint density at radius 2 is 1.85 bits per heavy atom. The van der Waals surface area contributed by atoms with Crippen LogP contribution in [0, 0.1) is 12.8 Å². The fourth-order valence-electron chi connectivity index (χ4n) is 4.39. The summed E-state index contributed by atoms with van der Waals surface area (Å²) in [7, 11) is 0. The summed E-state index contributed by atoms with van der Waals surface area (Å²) in [6, 6.07) is 12.2. The van der Waals surface area contributed by atoms with Gasteiger partial charge in [-0.1, -0.05) is 31.4 Å². The molecule has 0 spiro atoms. The van der Waals surface area contributed by atoms with E-state index in [0.717, 1.165) is 59.5 Å². The van der Waals surface area contributed by atoms with Crippen LogP contribution in [0.2, 0.25) is 0 Å². The van der Waals surface area contributed by atoms with Crippen molar-refractivity contribution in [1.29, 1.82) is 0 Å². The third kappa shape index (κ3) is 5.55. The van der Waals surface area contributed by atoms with Crippen molar-refractivity contribution in [3.63, 3.8) is 0 Å². The van der Waals surface area contributed by atoms with Gasteiger partial charge < -0.3 is 10.2 Å². The van der Waals surface area contributed by atoms with E-state index >= 15 is 0 Å². The zero-order valence-electron chi connectivity index (χ0n) is 19.0. The Kier molecular flexibility index (Phi) is 6.62. The third-order valence-electron chi connectivity index (χ3n) is 6.41. The summed E-state index contributed by atoms with van der Waals surface area (Å²) < 4.78 is 0. The maximum absolute atomic E-state index is 12.6. The molecule has 2 fully saturated rings. The number of ketones is 1. The van der Waals surface area contributed by atoms with Crippen molar-refractivity contribution >= 4 is 35.0 Å². The van der Waals surface area contributed by atoms with Crippen LogP contribution in [0.5, 0.6) is 0 Å². The average molecular weight is 463 g/mol. The minimum Gasteiger partial charge on any atom is -0.356 e. The van der Waals surface area contributed by atoms with Crippen molar-refractivity contribution in [2.24, 2.45) is 5.92 Å². The van der Waals surface area contributed by atoms with Crippen LogP contribution in [0.4, 0.5) is 17.5 Å². The topological polar surface area (TPSA) is 86.8 Å². The number of nitrogens with zero attached hydrogens (tertiary/aromatic N) is 4. The maximum atomic E-state index is 12.6. The van der Waals surface area contributed by atoms with Gasteiger partial charge >= 0.3 is 0 Å². The molecule has 172 valence electrons. The first-order valence-electron chi connectivity index (χ1n) is 11.8. The monoisotopic (exact) mass is 462 g/mol. The van der Waals surface area contributed by atoms with Crippen molar-refractivity contribution in [3.8, 4) is 0 Å². The molecule has 2 aliphatic rings. The van der Waals surface area contributed by atoms with Gasteiger partial charge in [0.05, 0.1) is 0 Å². The highest BCUT2D eigenvalue weighted by molar-refractivity contribution is 7.99. The Bertz CT molecular complexity index is 1100. The van der Waals surface area contributed by atoms with Gasteiger partial charge in [0.1, 0.15) is 17.4 Å². The second-order valence-electron chi connectivity index (χ2n) is 9.02. The third-order valence-corrected chi connectivity index (χ3v) is 7.28. The van der Waals surface area contributed by atoms with Gasteiger partial charge in [0, 0.05) is 48.2 Å². The van der Waals surface area contributed by atoms with Gasteiger partial charge in [-0.05, 0) is 55.6 Å². The largest absolute Gasteiger partial charge is 0.356 e. The van der Waals surface area contributed by atoms with E-state index in [1.165, 1.54) is 37.4 Å². The number of carbonyl (C=O) groups is 1. The fraction of sp³-hybridized carbons (Fsp3) is 0.440. The number of carbonyl (C=O) groups excluding carboxylic acids is 1. The van der Waals surface area contributed by atoms with E-state index < -0.39 is 0 Å². The van der Waals surface area contributed by atoms with Gasteiger partial charge in [0.2, 0.25) is 0 Å². The van der Waals surface area contributed by atoms with E-state index in [2.05, 4.69) is 44.7 Å². The predicted molar refractivity (Wildman–Crippen MR) is 131 cm³/mol.